The molecule has 0 bridgehead atoms. The maximum atomic E-state index is 10.9. The second-order valence-corrected chi connectivity index (χ2v) is 9.19. The van der Waals surface area contributed by atoms with Gasteiger partial charge in [-0.25, -0.2) is 9.67 Å². The van der Waals surface area contributed by atoms with Crippen LogP contribution in [0.3, 0.4) is 0 Å². The fourth-order valence-corrected chi connectivity index (χ4v) is 5.08. The van der Waals surface area contributed by atoms with Crippen molar-refractivity contribution in [1.82, 2.24) is 20.0 Å². The molecule has 5 atom stereocenters. The van der Waals surface area contributed by atoms with Crippen molar-refractivity contribution in [3.8, 4) is 10.7 Å². The number of aliphatic hydroxyl groups excluding tert-OH is 3. The summed E-state index contributed by atoms with van der Waals surface area (Å²) in [6, 6.07) is 4.19. The van der Waals surface area contributed by atoms with Crippen LogP contribution in [0.25, 0.3) is 10.7 Å². The van der Waals surface area contributed by atoms with E-state index in [0.29, 0.717) is 20.7 Å². The molecule has 1 aromatic carbocycles. The van der Waals surface area contributed by atoms with E-state index in [4.69, 9.17) is 27.9 Å². The highest BCUT2D eigenvalue weighted by molar-refractivity contribution is 7.99. The molecule has 12 heteroatoms. The first kappa shape index (κ1) is 21.0. The van der Waals surface area contributed by atoms with Crippen LogP contribution < -0.4 is 0 Å². The first-order valence-corrected chi connectivity index (χ1v) is 11.1. The van der Waals surface area contributed by atoms with E-state index in [1.807, 2.05) is 5.38 Å². The lowest BCUT2D eigenvalue weighted by Gasteiger charge is -2.41. The Kier molecular flexibility index (Phi) is 6.42. The van der Waals surface area contributed by atoms with Crippen LogP contribution in [0.5, 0.6) is 0 Å². The van der Waals surface area contributed by atoms with Crippen LogP contribution in [-0.4, -0.2) is 65.7 Å². The van der Waals surface area contributed by atoms with Crippen molar-refractivity contribution in [2.45, 2.75) is 34.7 Å². The molecule has 4 rings (SSSR count). The van der Waals surface area contributed by atoms with Crippen LogP contribution in [0.15, 0.2) is 40.9 Å². The molecule has 0 aliphatic carbocycles. The monoisotopic (exact) mass is 474 g/mol. The van der Waals surface area contributed by atoms with Crippen LogP contribution in [0.2, 0.25) is 10.0 Å². The third-order valence-corrected chi connectivity index (χ3v) is 7.14. The van der Waals surface area contributed by atoms with Crippen molar-refractivity contribution in [3.63, 3.8) is 0 Å². The molecule has 154 valence electrons. The number of rotatable bonds is 5. The predicted octanol–water partition coefficient (Wildman–Crippen LogP) is 2.48. The molecule has 3 heterocycles. The quantitative estimate of drug-likeness (QED) is 0.516. The second-order valence-electron chi connectivity index (χ2n) is 6.31. The van der Waals surface area contributed by atoms with Gasteiger partial charge in [-0.05, 0) is 18.2 Å². The van der Waals surface area contributed by atoms with Crippen LogP contribution in [-0.2, 0) is 4.74 Å². The maximum absolute atomic E-state index is 10.9. The van der Waals surface area contributed by atoms with Gasteiger partial charge in [0.2, 0.25) is 0 Å². The number of aliphatic hydroxyl groups is 3. The minimum atomic E-state index is -1.19. The molecule has 1 saturated heterocycles. The van der Waals surface area contributed by atoms with E-state index in [9.17, 15) is 15.3 Å². The summed E-state index contributed by atoms with van der Waals surface area (Å²) in [5, 5.41) is 42.7. The van der Waals surface area contributed by atoms with Crippen molar-refractivity contribution in [3.05, 3.63) is 46.0 Å². The van der Waals surface area contributed by atoms with E-state index in [-0.39, 0.29) is 0 Å². The van der Waals surface area contributed by atoms with Gasteiger partial charge in [-0.2, -0.15) is 0 Å². The lowest BCUT2D eigenvalue weighted by molar-refractivity contribution is -0.178. The summed E-state index contributed by atoms with van der Waals surface area (Å²) in [4.78, 5) is 4.91. The summed E-state index contributed by atoms with van der Waals surface area (Å²) >= 11 is 14.6. The van der Waals surface area contributed by atoms with Crippen molar-refractivity contribution in [2.24, 2.45) is 0 Å². The summed E-state index contributed by atoms with van der Waals surface area (Å²) < 4.78 is 7.12. The van der Waals surface area contributed by atoms with E-state index in [1.54, 1.807) is 30.6 Å². The Morgan fingerprint density at radius 2 is 2.03 bits per heavy atom. The highest BCUT2D eigenvalue weighted by atomic mass is 35.5. The van der Waals surface area contributed by atoms with Crippen molar-refractivity contribution < 1.29 is 20.1 Å². The van der Waals surface area contributed by atoms with E-state index in [0.717, 1.165) is 4.90 Å². The molecule has 1 aliphatic heterocycles. The average molecular weight is 475 g/mol. The zero-order chi connectivity index (χ0) is 20.5. The number of thiazole rings is 1. The van der Waals surface area contributed by atoms with Gasteiger partial charge in [0.25, 0.3) is 0 Å². The molecule has 1 fully saturated rings. The fourth-order valence-electron chi connectivity index (χ4n) is 3.03. The van der Waals surface area contributed by atoms with E-state index >= 15 is 0 Å². The highest BCUT2D eigenvalue weighted by Crippen LogP contribution is 2.39. The third kappa shape index (κ3) is 4.30. The molecule has 0 amide bonds. The summed E-state index contributed by atoms with van der Waals surface area (Å²) in [5.74, 6) is 0. The van der Waals surface area contributed by atoms with Crippen LogP contribution >= 0.6 is 46.3 Å². The summed E-state index contributed by atoms with van der Waals surface area (Å²) in [6.07, 6.45) is 0.0280. The first-order chi connectivity index (χ1) is 14.0. The number of nitrogens with zero attached hydrogens (tertiary/aromatic N) is 4. The Morgan fingerprint density at radius 1 is 1.21 bits per heavy atom. The SMILES string of the molecule is OC[C@H]1O[C@H](Sc2ccc(Cl)c(Cl)c2)[C@H](O)[C@@H](n2cc(-c3nccs3)nn2)[C@H]1O. The summed E-state index contributed by atoms with van der Waals surface area (Å²) in [5.41, 5.74) is -0.259. The molecule has 0 radical (unpaired) electrons. The van der Waals surface area contributed by atoms with E-state index in [1.165, 1.54) is 27.8 Å². The van der Waals surface area contributed by atoms with Crippen LogP contribution in [0, 0.1) is 0 Å². The predicted molar refractivity (Wildman–Crippen MR) is 110 cm³/mol. The molecule has 8 nitrogen and oxygen atoms in total. The zero-order valence-electron chi connectivity index (χ0n) is 14.7. The smallest absolute Gasteiger partial charge is 0.145 e. The number of hydrogen-bond acceptors (Lipinski definition) is 9. The van der Waals surface area contributed by atoms with Gasteiger partial charge in [-0.15, -0.1) is 16.4 Å². The van der Waals surface area contributed by atoms with Gasteiger partial charge in [0.05, 0.1) is 22.8 Å². The van der Waals surface area contributed by atoms with Gasteiger partial charge in [-0.1, -0.05) is 40.2 Å². The summed E-state index contributed by atoms with van der Waals surface area (Å²) in [7, 11) is 0. The van der Waals surface area contributed by atoms with Crippen molar-refractivity contribution in [2.75, 3.05) is 6.61 Å². The number of hydrogen-bond donors (Lipinski definition) is 3. The van der Waals surface area contributed by atoms with Gasteiger partial charge >= 0.3 is 0 Å². The standard InChI is InChI=1S/C17H16Cl2N4O4S2/c18-9-2-1-8(5-10(9)19)29-17-15(26)13(14(25)12(7-24)27-17)23-6-11(21-22-23)16-20-3-4-28-16/h1-6,12-15,17,24-26H,7H2/t12-,13+,14+,15-,17-/m1/s1. The zero-order valence-corrected chi connectivity index (χ0v) is 17.8. The lowest BCUT2D eigenvalue weighted by atomic mass is 9.97. The molecule has 2 aromatic heterocycles. The van der Waals surface area contributed by atoms with E-state index in [2.05, 4.69) is 15.3 Å². The van der Waals surface area contributed by atoms with Gasteiger partial charge in [-0.3, -0.25) is 0 Å². The number of ether oxygens (including phenoxy) is 1. The lowest BCUT2D eigenvalue weighted by Crippen LogP contribution is -2.55. The Balaban J connectivity index is 1.61. The molecule has 0 saturated carbocycles. The molecule has 0 spiro atoms. The Hall–Kier alpha value is -1.24. The molecule has 29 heavy (non-hydrogen) atoms. The minimum absolute atomic E-state index is 0.377. The number of thioether (sulfide) groups is 1. The highest BCUT2D eigenvalue weighted by Gasteiger charge is 2.46. The second kappa shape index (κ2) is 8.86. The first-order valence-electron chi connectivity index (χ1n) is 8.54. The third-order valence-electron chi connectivity index (χ3n) is 4.46. The molecular formula is C17H16Cl2N4O4S2. The topological polar surface area (TPSA) is 114 Å². The van der Waals surface area contributed by atoms with Gasteiger partial charge in [0.15, 0.2) is 0 Å². The van der Waals surface area contributed by atoms with Crippen LogP contribution in [0.1, 0.15) is 6.04 Å². The molecule has 3 N–H and O–H groups in total. The Labute approximate surface area is 184 Å². The van der Waals surface area contributed by atoms with Crippen molar-refractivity contribution in [1.29, 1.82) is 0 Å². The maximum Gasteiger partial charge on any atom is 0.145 e. The Morgan fingerprint density at radius 3 is 2.72 bits per heavy atom. The number of aromatic nitrogens is 4. The van der Waals surface area contributed by atoms with Crippen molar-refractivity contribution >= 4 is 46.3 Å². The van der Waals surface area contributed by atoms with E-state index < -0.39 is 36.4 Å². The summed E-state index contributed by atoms with van der Waals surface area (Å²) in [6.45, 7) is -0.420. The fraction of sp³-hybridized carbons (Fsp3) is 0.353. The molecule has 0 unspecified atom stereocenters. The molecule has 1 aliphatic rings. The Bertz CT molecular complexity index is 974. The average Bonchev–Trinajstić information content (AvgIpc) is 3.39. The molecular weight excluding hydrogens is 459 g/mol. The largest absolute Gasteiger partial charge is 0.394 e. The normalized spacial score (nSPS) is 27.3. The molecule has 3 aromatic rings. The number of benzene rings is 1. The minimum Gasteiger partial charge on any atom is -0.394 e. The number of halogens is 2. The van der Waals surface area contributed by atoms with Crippen LogP contribution in [0.4, 0.5) is 0 Å². The van der Waals surface area contributed by atoms with Gasteiger partial charge in [0.1, 0.15) is 40.5 Å². The van der Waals surface area contributed by atoms with Gasteiger partial charge < -0.3 is 20.1 Å². The van der Waals surface area contributed by atoms with Gasteiger partial charge in [0, 0.05) is 16.5 Å².